The van der Waals surface area contributed by atoms with Crippen molar-refractivity contribution in [2.75, 3.05) is 39.8 Å². The van der Waals surface area contributed by atoms with Crippen LogP contribution in [-0.4, -0.2) is 67.4 Å². The lowest BCUT2D eigenvalue weighted by atomic mass is 9.73. The minimum absolute atomic E-state index is 0.0252. The second kappa shape index (κ2) is 13.7. The van der Waals surface area contributed by atoms with Crippen LogP contribution in [0.2, 0.25) is 0 Å². The maximum atomic E-state index is 14.1. The Hall–Kier alpha value is -3.46. The largest absolute Gasteiger partial charge is 0.489 e. The van der Waals surface area contributed by atoms with Crippen molar-refractivity contribution in [3.63, 3.8) is 0 Å². The van der Waals surface area contributed by atoms with Crippen LogP contribution in [0.1, 0.15) is 66.9 Å². The fraction of sp³-hybridized carbons (Fsp3) is 0.516. The molecule has 216 valence electrons. The number of methoxy groups -OCH3 is 1. The first-order chi connectivity index (χ1) is 19.2. The highest BCUT2D eigenvalue weighted by Crippen LogP contribution is 2.38. The molecule has 0 radical (unpaired) electrons. The van der Waals surface area contributed by atoms with Crippen molar-refractivity contribution in [3.05, 3.63) is 65.0 Å². The van der Waals surface area contributed by atoms with E-state index in [1.54, 1.807) is 35.2 Å². The third-order valence-electron chi connectivity index (χ3n) is 8.00. The molecular formula is C31H40FN3O5. The monoisotopic (exact) mass is 553 g/mol. The smallest absolute Gasteiger partial charge is 0.337 e. The van der Waals surface area contributed by atoms with Crippen molar-refractivity contribution in [1.29, 1.82) is 0 Å². The average Bonchev–Trinajstić information content (AvgIpc) is 2.96. The number of carbonyl (C=O) groups excluding carboxylic acids is 3. The molecular weight excluding hydrogens is 513 g/mol. The van der Waals surface area contributed by atoms with Crippen molar-refractivity contribution < 1.29 is 28.2 Å². The summed E-state index contributed by atoms with van der Waals surface area (Å²) in [6, 6.07) is 11.4. The van der Waals surface area contributed by atoms with Gasteiger partial charge < -0.3 is 19.7 Å². The minimum Gasteiger partial charge on any atom is -0.489 e. The fourth-order valence-corrected chi connectivity index (χ4v) is 5.54. The summed E-state index contributed by atoms with van der Waals surface area (Å²) in [5.74, 6) is -0.268. The molecule has 1 saturated carbocycles. The van der Waals surface area contributed by atoms with Gasteiger partial charge in [-0.2, -0.15) is 0 Å². The lowest BCUT2D eigenvalue weighted by molar-refractivity contribution is -0.135. The van der Waals surface area contributed by atoms with Crippen LogP contribution in [-0.2, 0) is 27.5 Å². The van der Waals surface area contributed by atoms with E-state index in [0.717, 1.165) is 24.0 Å². The quantitative estimate of drug-likeness (QED) is 0.441. The third-order valence-corrected chi connectivity index (χ3v) is 8.00. The van der Waals surface area contributed by atoms with Gasteiger partial charge in [0.2, 0.25) is 11.8 Å². The summed E-state index contributed by atoms with van der Waals surface area (Å²) in [6.07, 6.45) is 6.19. The molecule has 1 N–H and O–H groups in total. The van der Waals surface area contributed by atoms with Gasteiger partial charge in [0.25, 0.3) is 0 Å². The molecule has 2 amide bonds. The van der Waals surface area contributed by atoms with Gasteiger partial charge in [-0.1, -0.05) is 38.3 Å². The van der Waals surface area contributed by atoms with Crippen molar-refractivity contribution in [2.24, 2.45) is 5.41 Å². The molecule has 8 nitrogen and oxygen atoms in total. The van der Waals surface area contributed by atoms with Crippen molar-refractivity contribution in [2.45, 2.75) is 58.6 Å². The molecule has 0 atom stereocenters. The summed E-state index contributed by atoms with van der Waals surface area (Å²) in [6.45, 7) is 5.34. The van der Waals surface area contributed by atoms with Crippen LogP contribution in [0.3, 0.4) is 0 Å². The summed E-state index contributed by atoms with van der Waals surface area (Å²) in [5, 5.41) is 2.83. The minimum atomic E-state index is -0.399. The summed E-state index contributed by atoms with van der Waals surface area (Å²) < 4.78 is 24.8. The fourth-order valence-electron chi connectivity index (χ4n) is 5.54. The Balaban J connectivity index is 1.23. The van der Waals surface area contributed by atoms with Crippen LogP contribution >= 0.6 is 0 Å². The molecule has 1 aliphatic carbocycles. The Morgan fingerprint density at radius 2 is 1.68 bits per heavy atom. The molecule has 4 rings (SSSR count). The zero-order valence-corrected chi connectivity index (χ0v) is 23.5. The number of nitrogens with zero attached hydrogens (tertiary/aromatic N) is 2. The molecule has 0 aromatic heterocycles. The standard InChI is InChI=1S/C31H40FN3O5/c1-31(12-4-3-5-13-31)19-28(36)33-20-29(37)35-16-14-34(15-17-35)21-25-18-26(32)10-11-27(25)40-22-23-6-8-24(9-7-23)30(38)39-2/h6-11,18H,3-5,12-17,19-22H2,1-2H3,(H,33,36). The highest BCUT2D eigenvalue weighted by molar-refractivity contribution is 5.89. The van der Waals surface area contributed by atoms with E-state index < -0.39 is 5.97 Å². The van der Waals surface area contributed by atoms with E-state index in [-0.39, 0.29) is 36.2 Å². The number of nitrogens with one attached hydrogen (secondary N) is 1. The lowest BCUT2D eigenvalue weighted by Crippen LogP contribution is -2.51. The number of amides is 2. The molecule has 1 aliphatic heterocycles. The molecule has 0 unspecified atom stereocenters. The Kier molecular flexibility index (Phi) is 10.1. The van der Waals surface area contributed by atoms with Gasteiger partial charge in [0.1, 0.15) is 18.2 Å². The number of carbonyl (C=O) groups is 3. The van der Waals surface area contributed by atoms with Crippen LogP contribution in [0, 0.1) is 11.2 Å². The molecule has 1 saturated heterocycles. The van der Waals surface area contributed by atoms with Gasteiger partial charge in [-0.05, 0) is 54.2 Å². The normalized spacial score (nSPS) is 17.2. The molecule has 2 aromatic carbocycles. The Labute approximate surface area is 235 Å². The number of esters is 1. The highest BCUT2D eigenvalue weighted by atomic mass is 19.1. The number of piperazine rings is 1. The van der Waals surface area contributed by atoms with Gasteiger partial charge >= 0.3 is 5.97 Å². The Morgan fingerprint density at radius 3 is 2.35 bits per heavy atom. The van der Waals surface area contributed by atoms with E-state index >= 15 is 0 Å². The second-order valence-corrected chi connectivity index (χ2v) is 11.2. The Morgan fingerprint density at radius 1 is 0.975 bits per heavy atom. The lowest BCUT2D eigenvalue weighted by Gasteiger charge is -2.35. The van der Waals surface area contributed by atoms with Gasteiger partial charge in [-0.25, -0.2) is 9.18 Å². The van der Waals surface area contributed by atoms with E-state index in [2.05, 4.69) is 17.1 Å². The zero-order chi connectivity index (χ0) is 28.5. The average molecular weight is 554 g/mol. The predicted molar refractivity (Wildman–Crippen MR) is 149 cm³/mol. The predicted octanol–water partition coefficient (Wildman–Crippen LogP) is 4.31. The summed E-state index contributed by atoms with van der Waals surface area (Å²) in [4.78, 5) is 40.8. The topological polar surface area (TPSA) is 88.2 Å². The van der Waals surface area contributed by atoms with Crippen LogP contribution in [0.25, 0.3) is 0 Å². The molecule has 2 fully saturated rings. The van der Waals surface area contributed by atoms with E-state index in [0.29, 0.717) is 50.5 Å². The van der Waals surface area contributed by atoms with Crippen LogP contribution in [0.15, 0.2) is 42.5 Å². The summed E-state index contributed by atoms with van der Waals surface area (Å²) >= 11 is 0. The Bertz CT molecular complexity index is 1170. The van der Waals surface area contributed by atoms with E-state index in [9.17, 15) is 18.8 Å². The number of hydrogen-bond donors (Lipinski definition) is 1. The van der Waals surface area contributed by atoms with Crippen molar-refractivity contribution in [3.8, 4) is 5.75 Å². The van der Waals surface area contributed by atoms with E-state index in [1.807, 2.05) is 0 Å². The highest BCUT2D eigenvalue weighted by Gasteiger charge is 2.30. The van der Waals surface area contributed by atoms with Gasteiger partial charge in [0.05, 0.1) is 19.2 Å². The van der Waals surface area contributed by atoms with Gasteiger partial charge in [0, 0.05) is 44.7 Å². The maximum Gasteiger partial charge on any atom is 0.337 e. The van der Waals surface area contributed by atoms with E-state index in [4.69, 9.17) is 9.47 Å². The first-order valence-corrected chi connectivity index (χ1v) is 14.1. The third kappa shape index (κ3) is 8.27. The van der Waals surface area contributed by atoms with E-state index in [1.165, 1.54) is 38.5 Å². The summed E-state index contributed by atoms with van der Waals surface area (Å²) in [5.41, 5.74) is 2.11. The van der Waals surface area contributed by atoms with Gasteiger partial charge in [0.15, 0.2) is 0 Å². The van der Waals surface area contributed by atoms with Gasteiger partial charge in [-0.3, -0.25) is 14.5 Å². The summed E-state index contributed by atoms with van der Waals surface area (Å²) in [7, 11) is 1.34. The second-order valence-electron chi connectivity index (χ2n) is 11.2. The molecule has 9 heteroatoms. The molecule has 1 heterocycles. The van der Waals surface area contributed by atoms with Crippen LogP contribution in [0.4, 0.5) is 4.39 Å². The molecule has 40 heavy (non-hydrogen) atoms. The molecule has 2 aromatic rings. The number of hydrogen-bond acceptors (Lipinski definition) is 6. The SMILES string of the molecule is COC(=O)c1ccc(COc2ccc(F)cc2CN2CCN(C(=O)CNC(=O)CC3(C)CCCCC3)CC2)cc1. The number of ether oxygens (including phenoxy) is 2. The van der Waals surface area contributed by atoms with Crippen molar-refractivity contribution >= 4 is 17.8 Å². The first kappa shape index (κ1) is 29.5. The van der Waals surface area contributed by atoms with Crippen molar-refractivity contribution in [1.82, 2.24) is 15.1 Å². The first-order valence-electron chi connectivity index (χ1n) is 14.1. The van der Waals surface area contributed by atoms with Crippen LogP contribution < -0.4 is 10.1 Å². The maximum absolute atomic E-state index is 14.1. The molecule has 2 aliphatic rings. The van der Waals surface area contributed by atoms with Crippen LogP contribution in [0.5, 0.6) is 5.75 Å². The number of halogens is 1. The zero-order valence-electron chi connectivity index (χ0n) is 23.5. The molecule has 0 bridgehead atoms. The van der Waals surface area contributed by atoms with Gasteiger partial charge in [-0.15, -0.1) is 0 Å². The number of benzene rings is 2. The molecule has 0 spiro atoms. The number of rotatable bonds is 10.